The Morgan fingerprint density at radius 1 is 1.69 bits per heavy atom. The minimum Gasteiger partial charge on any atom is -0.382 e. The number of Topliss-reactive ketones (excluding diaryl/α,β-unsaturated/α-hetero) is 1. The number of methoxy groups -OCH3 is 1. The Hall–Kier alpha value is -0.450. The summed E-state index contributed by atoms with van der Waals surface area (Å²) in [7, 11) is 1.61. The van der Waals surface area contributed by atoms with Crippen LogP contribution in [0.15, 0.2) is 0 Å². The first kappa shape index (κ1) is 10.6. The second kappa shape index (κ2) is 4.69. The first-order valence-electron chi connectivity index (χ1n) is 4.54. The Labute approximate surface area is 78.6 Å². The van der Waals surface area contributed by atoms with Gasteiger partial charge in [0, 0.05) is 13.2 Å². The molecule has 1 fully saturated rings. The van der Waals surface area contributed by atoms with Crippen LogP contribution in [0.3, 0.4) is 0 Å². The number of ketones is 1. The third-order valence-corrected chi connectivity index (χ3v) is 2.00. The number of carbonyl (C=O) groups is 1. The molecular formula is C9H17NO3. The molecule has 4 nitrogen and oxygen atoms in total. The summed E-state index contributed by atoms with van der Waals surface area (Å²) < 4.78 is 10.3. The molecule has 0 bridgehead atoms. The van der Waals surface area contributed by atoms with E-state index in [0.717, 1.165) is 0 Å². The summed E-state index contributed by atoms with van der Waals surface area (Å²) in [5.41, 5.74) is 0. The lowest BCUT2D eigenvalue weighted by molar-refractivity contribution is -0.119. The molecule has 4 heteroatoms. The maximum absolute atomic E-state index is 11.4. The average Bonchev–Trinajstić information content (AvgIpc) is 2.36. The van der Waals surface area contributed by atoms with Crippen LogP contribution in [0, 0.1) is 0 Å². The molecule has 0 spiro atoms. The van der Waals surface area contributed by atoms with Crippen molar-refractivity contribution in [1.29, 1.82) is 0 Å². The maximum atomic E-state index is 11.4. The number of ether oxygens (including phenoxy) is 2. The fourth-order valence-electron chi connectivity index (χ4n) is 1.45. The fraction of sp³-hybridized carbons (Fsp3) is 0.889. The Morgan fingerprint density at radius 2 is 2.38 bits per heavy atom. The minimum absolute atomic E-state index is 0.121. The highest BCUT2D eigenvalue weighted by atomic mass is 16.5. The molecule has 13 heavy (non-hydrogen) atoms. The van der Waals surface area contributed by atoms with E-state index < -0.39 is 0 Å². The van der Waals surface area contributed by atoms with Gasteiger partial charge in [-0.2, -0.15) is 0 Å². The first-order valence-corrected chi connectivity index (χ1v) is 4.54. The zero-order valence-electron chi connectivity index (χ0n) is 8.37. The van der Waals surface area contributed by atoms with Crippen LogP contribution >= 0.6 is 0 Å². The van der Waals surface area contributed by atoms with Crippen molar-refractivity contribution in [2.45, 2.75) is 32.0 Å². The third-order valence-electron chi connectivity index (χ3n) is 2.00. The molecule has 1 aliphatic rings. The van der Waals surface area contributed by atoms with Gasteiger partial charge < -0.3 is 14.8 Å². The number of carbonyl (C=O) groups excluding carboxylic acids is 1. The number of hydrogen-bond donors (Lipinski definition) is 1. The van der Waals surface area contributed by atoms with Crippen molar-refractivity contribution < 1.29 is 14.3 Å². The van der Waals surface area contributed by atoms with E-state index in [0.29, 0.717) is 6.61 Å². The zero-order valence-corrected chi connectivity index (χ0v) is 8.37. The molecule has 0 amide bonds. The van der Waals surface area contributed by atoms with E-state index in [1.165, 1.54) is 0 Å². The Kier molecular flexibility index (Phi) is 3.84. The molecule has 1 aliphatic heterocycles. The standard InChI is InChI=1S/C9H17NO3/c1-6(2)10-9-7(11)4-13-8(9)5-12-3/h6,8-10H,4-5H2,1-3H3. The van der Waals surface area contributed by atoms with Gasteiger partial charge in [-0.3, -0.25) is 4.79 Å². The summed E-state index contributed by atoms with van der Waals surface area (Å²) in [5.74, 6) is 0.121. The molecule has 0 saturated carbocycles. The van der Waals surface area contributed by atoms with Crippen LogP contribution in [-0.2, 0) is 14.3 Å². The molecule has 2 unspecified atom stereocenters. The topological polar surface area (TPSA) is 47.6 Å². The monoisotopic (exact) mass is 187 g/mol. The van der Waals surface area contributed by atoms with E-state index in [2.05, 4.69) is 5.32 Å². The minimum atomic E-state index is -0.194. The molecule has 76 valence electrons. The van der Waals surface area contributed by atoms with E-state index in [1.807, 2.05) is 13.8 Å². The quantitative estimate of drug-likeness (QED) is 0.671. The lowest BCUT2D eigenvalue weighted by Crippen LogP contribution is -2.46. The third kappa shape index (κ3) is 2.76. The van der Waals surface area contributed by atoms with Gasteiger partial charge in [0.05, 0.1) is 12.6 Å². The highest BCUT2D eigenvalue weighted by molar-refractivity contribution is 5.87. The van der Waals surface area contributed by atoms with Crippen LogP contribution < -0.4 is 5.32 Å². The number of rotatable bonds is 4. The molecule has 0 aliphatic carbocycles. The van der Waals surface area contributed by atoms with Crippen molar-refractivity contribution in [3.05, 3.63) is 0 Å². The van der Waals surface area contributed by atoms with E-state index >= 15 is 0 Å². The Bertz CT molecular complexity index is 182. The molecule has 1 N–H and O–H groups in total. The molecular weight excluding hydrogens is 170 g/mol. The van der Waals surface area contributed by atoms with E-state index in [-0.39, 0.29) is 30.6 Å². The Balaban J connectivity index is 2.49. The van der Waals surface area contributed by atoms with Crippen LogP contribution in [-0.4, -0.2) is 44.3 Å². The van der Waals surface area contributed by atoms with Gasteiger partial charge in [0.15, 0.2) is 5.78 Å². The predicted octanol–water partition coefficient (Wildman–Crippen LogP) is -0.0327. The number of nitrogens with one attached hydrogen (secondary N) is 1. The summed E-state index contributed by atoms with van der Waals surface area (Å²) in [6.45, 7) is 4.69. The van der Waals surface area contributed by atoms with Gasteiger partial charge in [0.25, 0.3) is 0 Å². The molecule has 1 rings (SSSR count). The van der Waals surface area contributed by atoms with E-state index in [1.54, 1.807) is 7.11 Å². The van der Waals surface area contributed by atoms with Crippen LogP contribution in [0.4, 0.5) is 0 Å². The van der Waals surface area contributed by atoms with E-state index in [4.69, 9.17) is 9.47 Å². The Morgan fingerprint density at radius 3 is 2.92 bits per heavy atom. The molecule has 0 aromatic rings. The zero-order chi connectivity index (χ0) is 9.84. The lowest BCUT2D eigenvalue weighted by atomic mass is 10.1. The molecule has 2 atom stereocenters. The molecule has 0 aromatic carbocycles. The summed E-state index contributed by atoms with van der Waals surface area (Å²) in [5, 5.41) is 3.17. The van der Waals surface area contributed by atoms with Crippen molar-refractivity contribution in [3.63, 3.8) is 0 Å². The molecule has 0 radical (unpaired) electrons. The fourth-order valence-corrected chi connectivity index (χ4v) is 1.45. The van der Waals surface area contributed by atoms with Crippen molar-refractivity contribution >= 4 is 5.78 Å². The largest absolute Gasteiger partial charge is 0.382 e. The maximum Gasteiger partial charge on any atom is 0.178 e. The molecule has 1 saturated heterocycles. The second-order valence-corrected chi connectivity index (χ2v) is 3.57. The summed E-state index contributed by atoms with van der Waals surface area (Å²) in [4.78, 5) is 11.4. The van der Waals surface area contributed by atoms with Gasteiger partial charge in [0.1, 0.15) is 12.7 Å². The van der Waals surface area contributed by atoms with Gasteiger partial charge in [-0.15, -0.1) is 0 Å². The number of hydrogen-bond acceptors (Lipinski definition) is 4. The first-order chi connectivity index (χ1) is 6.15. The highest BCUT2D eigenvalue weighted by Crippen LogP contribution is 2.11. The van der Waals surface area contributed by atoms with Crippen LogP contribution in [0.25, 0.3) is 0 Å². The van der Waals surface area contributed by atoms with Crippen molar-refractivity contribution in [1.82, 2.24) is 5.32 Å². The lowest BCUT2D eigenvalue weighted by Gasteiger charge is -2.19. The SMILES string of the molecule is COCC1OCC(=O)C1NC(C)C. The summed E-state index contributed by atoms with van der Waals surface area (Å²) in [6.07, 6.45) is -0.125. The highest BCUT2D eigenvalue weighted by Gasteiger charge is 2.35. The van der Waals surface area contributed by atoms with Crippen molar-refractivity contribution in [3.8, 4) is 0 Å². The van der Waals surface area contributed by atoms with Gasteiger partial charge >= 0.3 is 0 Å². The predicted molar refractivity (Wildman–Crippen MR) is 48.7 cm³/mol. The molecule has 1 heterocycles. The molecule has 0 aromatic heterocycles. The van der Waals surface area contributed by atoms with Crippen LogP contribution in [0.5, 0.6) is 0 Å². The smallest absolute Gasteiger partial charge is 0.178 e. The second-order valence-electron chi connectivity index (χ2n) is 3.57. The van der Waals surface area contributed by atoms with Gasteiger partial charge in [-0.05, 0) is 0 Å². The average molecular weight is 187 g/mol. The van der Waals surface area contributed by atoms with E-state index in [9.17, 15) is 4.79 Å². The van der Waals surface area contributed by atoms with Crippen molar-refractivity contribution in [2.24, 2.45) is 0 Å². The van der Waals surface area contributed by atoms with Crippen molar-refractivity contribution in [2.75, 3.05) is 20.3 Å². The van der Waals surface area contributed by atoms with Gasteiger partial charge in [-0.1, -0.05) is 13.8 Å². The summed E-state index contributed by atoms with van der Waals surface area (Å²) in [6, 6.07) is 0.0926. The van der Waals surface area contributed by atoms with Crippen LogP contribution in [0.2, 0.25) is 0 Å². The van der Waals surface area contributed by atoms with Gasteiger partial charge in [0.2, 0.25) is 0 Å². The summed E-state index contributed by atoms with van der Waals surface area (Å²) >= 11 is 0. The normalized spacial score (nSPS) is 28.8. The van der Waals surface area contributed by atoms with Gasteiger partial charge in [-0.25, -0.2) is 0 Å². The van der Waals surface area contributed by atoms with Crippen LogP contribution in [0.1, 0.15) is 13.8 Å².